The second-order valence-corrected chi connectivity index (χ2v) is 6.68. The third-order valence-corrected chi connectivity index (χ3v) is 4.77. The van der Waals surface area contributed by atoms with Gasteiger partial charge in [-0.1, -0.05) is 0 Å². The molecule has 2 aromatic rings. The van der Waals surface area contributed by atoms with Crippen molar-refractivity contribution < 1.29 is 19.1 Å². The molecule has 0 aliphatic carbocycles. The summed E-state index contributed by atoms with van der Waals surface area (Å²) in [5.41, 5.74) is 0.501. The molecule has 1 aliphatic rings. The lowest BCUT2D eigenvalue weighted by molar-refractivity contribution is -0.129. The monoisotopic (exact) mass is 398 g/mol. The molecule has 0 atom stereocenters. The first-order chi connectivity index (χ1) is 14.1. The van der Waals surface area contributed by atoms with Gasteiger partial charge in [-0.3, -0.25) is 9.59 Å². The van der Waals surface area contributed by atoms with E-state index in [1.807, 2.05) is 35.2 Å². The number of ether oxygens (including phenoxy) is 2. The Balaban J connectivity index is 1.42. The third kappa shape index (κ3) is 5.60. The number of anilines is 1. The molecule has 1 aliphatic heterocycles. The van der Waals surface area contributed by atoms with Crippen molar-refractivity contribution in [3.05, 3.63) is 48.2 Å². The summed E-state index contributed by atoms with van der Waals surface area (Å²) in [5, 5.41) is 2.82. The normalized spacial score (nSPS) is 13.7. The van der Waals surface area contributed by atoms with E-state index in [-0.39, 0.29) is 11.8 Å². The van der Waals surface area contributed by atoms with Crippen LogP contribution in [0.5, 0.6) is 11.5 Å². The smallest absolute Gasteiger partial charge is 0.252 e. The van der Waals surface area contributed by atoms with Crippen LogP contribution < -0.4 is 19.7 Å². The van der Waals surface area contributed by atoms with Crippen LogP contribution in [0.4, 0.5) is 5.82 Å². The van der Waals surface area contributed by atoms with E-state index in [4.69, 9.17) is 9.47 Å². The fourth-order valence-electron chi connectivity index (χ4n) is 3.07. The Kier molecular flexibility index (Phi) is 6.89. The van der Waals surface area contributed by atoms with Crippen LogP contribution in [0.15, 0.2) is 42.6 Å². The minimum Gasteiger partial charge on any atom is -0.497 e. The summed E-state index contributed by atoms with van der Waals surface area (Å²) < 4.78 is 10.7. The number of nitrogens with zero attached hydrogens (tertiary/aromatic N) is 3. The van der Waals surface area contributed by atoms with Gasteiger partial charge in [0.1, 0.15) is 23.9 Å². The number of carbonyl (C=O) groups is 2. The van der Waals surface area contributed by atoms with E-state index in [9.17, 15) is 9.59 Å². The van der Waals surface area contributed by atoms with Crippen LogP contribution in [-0.2, 0) is 4.79 Å². The number of carbonyl (C=O) groups excluding carboxylic acids is 2. The van der Waals surface area contributed by atoms with Gasteiger partial charge in [-0.15, -0.1) is 0 Å². The number of hydrogen-bond donors (Lipinski definition) is 1. The molecule has 0 spiro atoms. The van der Waals surface area contributed by atoms with Crippen LogP contribution in [0, 0.1) is 0 Å². The summed E-state index contributed by atoms with van der Waals surface area (Å²) in [6.07, 6.45) is 1.58. The largest absolute Gasteiger partial charge is 0.497 e. The molecule has 154 valence electrons. The molecule has 0 bridgehead atoms. The molecular weight excluding hydrogens is 372 g/mol. The van der Waals surface area contributed by atoms with Crippen LogP contribution in [0.25, 0.3) is 0 Å². The number of rotatable bonds is 7. The van der Waals surface area contributed by atoms with Crippen molar-refractivity contribution in [3.8, 4) is 11.5 Å². The molecular formula is C21H26N4O4. The highest BCUT2D eigenvalue weighted by atomic mass is 16.5. The molecule has 3 rings (SSSR count). The van der Waals surface area contributed by atoms with Gasteiger partial charge in [0.25, 0.3) is 5.91 Å². The Morgan fingerprint density at radius 2 is 1.72 bits per heavy atom. The summed E-state index contributed by atoms with van der Waals surface area (Å²) >= 11 is 0. The summed E-state index contributed by atoms with van der Waals surface area (Å²) in [6, 6.07) is 10.9. The molecule has 1 aromatic heterocycles. The zero-order valence-electron chi connectivity index (χ0n) is 16.8. The van der Waals surface area contributed by atoms with Crippen molar-refractivity contribution in [2.75, 3.05) is 51.3 Å². The van der Waals surface area contributed by atoms with E-state index >= 15 is 0 Å². The maximum atomic E-state index is 12.3. The van der Waals surface area contributed by atoms with E-state index in [0.29, 0.717) is 31.8 Å². The number of aromatic nitrogens is 1. The predicted octanol–water partition coefficient (Wildman–Crippen LogP) is 1.57. The van der Waals surface area contributed by atoms with Crippen molar-refractivity contribution in [3.63, 3.8) is 0 Å². The highest BCUT2D eigenvalue weighted by molar-refractivity contribution is 5.94. The number of amides is 2. The molecule has 1 N–H and O–H groups in total. The SMILES string of the molecule is COc1ccc(OCCNC(=O)c2ccc(N3CCN(C(C)=O)CC3)nc2)cc1. The first-order valence-electron chi connectivity index (χ1n) is 9.58. The Hall–Kier alpha value is -3.29. The molecule has 1 fully saturated rings. The molecule has 8 heteroatoms. The van der Waals surface area contributed by atoms with Gasteiger partial charge < -0.3 is 24.6 Å². The van der Waals surface area contributed by atoms with Crippen molar-refractivity contribution in [2.24, 2.45) is 0 Å². The van der Waals surface area contributed by atoms with Gasteiger partial charge in [0, 0.05) is 39.3 Å². The summed E-state index contributed by atoms with van der Waals surface area (Å²) in [6.45, 7) is 5.19. The van der Waals surface area contributed by atoms with Crippen LogP contribution in [0.3, 0.4) is 0 Å². The van der Waals surface area contributed by atoms with Crippen LogP contribution >= 0.6 is 0 Å². The second-order valence-electron chi connectivity index (χ2n) is 6.68. The maximum Gasteiger partial charge on any atom is 0.252 e. The Bertz CT molecular complexity index is 816. The summed E-state index contributed by atoms with van der Waals surface area (Å²) in [7, 11) is 1.61. The van der Waals surface area contributed by atoms with Crippen LogP contribution in [-0.4, -0.2) is 68.1 Å². The van der Waals surface area contributed by atoms with E-state index in [1.165, 1.54) is 0 Å². The lowest BCUT2D eigenvalue weighted by Gasteiger charge is -2.34. The minimum atomic E-state index is -0.191. The number of nitrogens with one attached hydrogen (secondary N) is 1. The average molecular weight is 398 g/mol. The first-order valence-corrected chi connectivity index (χ1v) is 9.58. The average Bonchev–Trinajstić information content (AvgIpc) is 2.77. The number of methoxy groups -OCH3 is 1. The lowest BCUT2D eigenvalue weighted by Crippen LogP contribution is -2.48. The zero-order chi connectivity index (χ0) is 20.6. The van der Waals surface area contributed by atoms with Gasteiger partial charge in [-0.05, 0) is 36.4 Å². The first kappa shape index (κ1) is 20.4. The van der Waals surface area contributed by atoms with Crippen LogP contribution in [0.2, 0.25) is 0 Å². The predicted molar refractivity (Wildman–Crippen MR) is 110 cm³/mol. The Labute approximate surface area is 170 Å². The molecule has 1 aromatic carbocycles. The van der Waals surface area contributed by atoms with Crippen molar-refractivity contribution in [1.82, 2.24) is 15.2 Å². The number of hydrogen-bond acceptors (Lipinski definition) is 6. The van der Waals surface area contributed by atoms with Crippen LogP contribution in [0.1, 0.15) is 17.3 Å². The molecule has 1 saturated heterocycles. The van der Waals surface area contributed by atoms with Gasteiger partial charge in [0.05, 0.1) is 19.2 Å². The fourth-order valence-corrected chi connectivity index (χ4v) is 3.07. The van der Waals surface area contributed by atoms with Crippen molar-refractivity contribution >= 4 is 17.6 Å². The molecule has 2 amide bonds. The summed E-state index contributed by atoms with van der Waals surface area (Å²) in [4.78, 5) is 32.0. The van der Waals surface area contributed by atoms with E-state index in [0.717, 1.165) is 30.4 Å². The van der Waals surface area contributed by atoms with Crippen molar-refractivity contribution in [2.45, 2.75) is 6.92 Å². The zero-order valence-corrected chi connectivity index (χ0v) is 16.8. The molecule has 8 nitrogen and oxygen atoms in total. The topological polar surface area (TPSA) is 84.0 Å². The molecule has 0 saturated carbocycles. The highest BCUT2D eigenvalue weighted by Crippen LogP contribution is 2.17. The number of benzene rings is 1. The van der Waals surface area contributed by atoms with E-state index in [1.54, 1.807) is 26.3 Å². The lowest BCUT2D eigenvalue weighted by atomic mass is 10.2. The minimum absolute atomic E-state index is 0.0978. The summed E-state index contributed by atoms with van der Waals surface area (Å²) in [5.74, 6) is 2.20. The van der Waals surface area contributed by atoms with Gasteiger partial charge in [-0.2, -0.15) is 0 Å². The highest BCUT2D eigenvalue weighted by Gasteiger charge is 2.19. The maximum absolute atomic E-state index is 12.3. The Morgan fingerprint density at radius 1 is 1.03 bits per heavy atom. The third-order valence-electron chi connectivity index (χ3n) is 4.77. The fraction of sp³-hybridized carbons (Fsp3) is 0.381. The van der Waals surface area contributed by atoms with Crippen molar-refractivity contribution in [1.29, 1.82) is 0 Å². The van der Waals surface area contributed by atoms with Gasteiger partial charge in [0.2, 0.25) is 5.91 Å². The molecule has 29 heavy (non-hydrogen) atoms. The Morgan fingerprint density at radius 3 is 2.31 bits per heavy atom. The molecule has 0 radical (unpaired) electrons. The number of piperazine rings is 1. The second kappa shape index (κ2) is 9.77. The van der Waals surface area contributed by atoms with Gasteiger partial charge in [0.15, 0.2) is 0 Å². The van der Waals surface area contributed by atoms with Gasteiger partial charge >= 0.3 is 0 Å². The standard InChI is InChI=1S/C21H26N4O4/c1-16(26)24-10-12-25(13-11-24)20-8-3-17(15-23-20)21(27)22-9-14-29-19-6-4-18(28-2)5-7-19/h3-8,15H,9-14H2,1-2H3,(H,22,27). The van der Waals surface area contributed by atoms with E-state index in [2.05, 4.69) is 15.2 Å². The quantitative estimate of drug-likeness (QED) is 0.713. The molecule has 2 heterocycles. The van der Waals surface area contributed by atoms with E-state index < -0.39 is 0 Å². The van der Waals surface area contributed by atoms with Gasteiger partial charge in [-0.25, -0.2) is 4.98 Å². The molecule has 0 unspecified atom stereocenters. The number of pyridine rings is 1.